The van der Waals surface area contributed by atoms with Gasteiger partial charge in [0.15, 0.2) is 0 Å². The maximum atomic E-state index is 13.2. The first-order valence-corrected chi connectivity index (χ1v) is 13.5. The molecule has 0 aliphatic rings. The zero-order valence-corrected chi connectivity index (χ0v) is 22.9. The second-order valence-electron chi connectivity index (χ2n) is 10.1. The molecule has 0 aliphatic heterocycles. The second kappa shape index (κ2) is 12.3. The quantitative estimate of drug-likeness (QED) is 0.217. The molecule has 0 bridgehead atoms. The molecule has 1 heterocycles. The van der Waals surface area contributed by atoms with Crippen LogP contribution in [0.1, 0.15) is 43.1 Å². The van der Waals surface area contributed by atoms with Crippen molar-refractivity contribution in [3.63, 3.8) is 0 Å². The minimum absolute atomic E-state index is 0.185. The Morgan fingerprint density at radius 3 is 2.08 bits per heavy atom. The van der Waals surface area contributed by atoms with Crippen molar-refractivity contribution in [3.8, 4) is 11.1 Å². The Morgan fingerprint density at radius 2 is 1.35 bits per heavy atom. The molecule has 0 spiro atoms. The van der Waals surface area contributed by atoms with E-state index < -0.39 is 0 Å². The van der Waals surface area contributed by atoms with Crippen molar-refractivity contribution in [2.75, 3.05) is 5.32 Å². The highest BCUT2D eigenvalue weighted by atomic mass is 16.2. The summed E-state index contributed by atoms with van der Waals surface area (Å²) in [7, 11) is 1.80. The highest BCUT2D eigenvalue weighted by molar-refractivity contribution is 6.06. The van der Waals surface area contributed by atoms with E-state index in [1.807, 2.05) is 54.6 Å². The van der Waals surface area contributed by atoms with Crippen LogP contribution in [0.4, 0.5) is 5.69 Å². The van der Waals surface area contributed by atoms with Gasteiger partial charge in [-0.2, -0.15) is 0 Å². The number of nitrogens with one attached hydrogen (secondary N) is 2. The van der Waals surface area contributed by atoms with Crippen LogP contribution < -0.4 is 10.6 Å². The van der Waals surface area contributed by atoms with E-state index in [9.17, 15) is 9.59 Å². The number of benzene rings is 4. The van der Waals surface area contributed by atoms with E-state index in [0.717, 1.165) is 29.5 Å². The van der Waals surface area contributed by atoms with E-state index in [1.165, 1.54) is 16.7 Å². The lowest BCUT2D eigenvalue weighted by Crippen LogP contribution is -2.24. The van der Waals surface area contributed by atoms with Crippen molar-refractivity contribution in [2.45, 2.75) is 26.3 Å². The van der Waals surface area contributed by atoms with Crippen molar-refractivity contribution in [3.05, 3.63) is 149 Å². The molecule has 40 heavy (non-hydrogen) atoms. The monoisotopic (exact) mass is 527 g/mol. The summed E-state index contributed by atoms with van der Waals surface area (Å²) in [5.74, 6) is -0.385. The summed E-state index contributed by atoms with van der Waals surface area (Å²) < 4.78 is 1.73. The standard InChI is InChI=1S/C35H33N3O2/c1-25-12-17-28(18-13-25)29-19-15-27(16-20-29)23-36-35(40)33-22-31(24-38(33)2)37-34(39)32-11-7-6-10-30(32)21-14-26-8-4-3-5-9-26/h3-13,15-20,22,24H,14,21,23H2,1-2H3,(H,36,40)(H,37,39). The third kappa shape index (κ3) is 6.56. The zero-order chi connectivity index (χ0) is 27.9. The molecular weight excluding hydrogens is 494 g/mol. The summed E-state index contributed by atoms with van der Waals surface area (Å²) in [6.45, 7) is 2.49. The molecule has 2 N–H and O–H groups in total. The van der Waals surface area contributed by atoms with Crippen LogP contribution in [0.3, 0.4) is 0 Å². The normalized spacial score (nSPS) is 10.8. The lowest BCUT2D eigenvalue weighted by atomic mass is 9.99. The maximum absolute atomic E-state index is 13.2. The Labute approximate surface area is 235 Å². The summed E-state index contributed by atoms with van der Waals surface area (Å²) >= 11 is 0. The Balaban J connectivity index is 1.19. The van der Waals surface area contributed by atoms with Gasteiger partial charge < -0.3 is 15.2 Å². The molecule has 4 aromatic carbocycles. The zero-order valence-electron chi connectivity index (χ0n) is 22.9. The molecule has 0 atom stereocenters. The third-order valence-corrected chi connectivity index (χ3v) is 7.08. The number of aromatic nitrogens is 1. The van der Waals surface area contributed by atoms with Gasteiger partial charge in [0.1, 0.15) is 5.69 Å². The summed E-state index contributed by atoms with van der Waals surface area (Å²) in [4.78, 5) is 26.1. The minimum atomic E-state index is -0.200. The highest BCUT2D eigenvalue weighted by Gasteiger charge is 2.16. The molecule has 5 aromatic rings. The fourth-order valence-electron chi connectivity index (χ4n) is 4.77. The summed E-state index contributed by atoms with van der Waals surface area (Å²) in [5.41, 5.74) is 8.47. The largest absolute Gasteiger partial charge is 0.347 e. The van der Waals surface area contributed by atoms with E-state index in [0.29, 0.717) is 23.5 Å². The highest BCUT2D eigenvalue weighted by Crippen LogP contribution is 2.21. The number of carbonyl (C=O) groups is 2. The van der Waals surface area contributed by atoms with Crippen LogP contribution in [-0.2, 0) is 26.4 Å². The van der Waals surface area contributed by atoms with Gasteiger partial charge in [-0.25, -0.2) is 0 Å². The number of rotatable bonds is 9. The Hall–Kier alpha value is -4.90. The van der Waals surface area contributed by atoms with Crippen molar-refractivity contribution >= 4 is 17.5 Å². The number of hydrogen-bond donors (Lipinski definition) is 2. The first-order chi connectivity index (χ1) is 19.5. The lowest BCUT2D eigenvalue weighted by molar-refractivity contribution is 0.0941. The molecule has 5 rings (SSSR count). The molecule has 0 fully saturated rings. The lowest BCUT2D eigenvalue weighted by Gasteiger charge is -2.09. The average molecular weight is 528 g/mol. The Morgan fingerprint density at radius 1 is 0.700 bits per heavy atom. The van der Waals surface area contributed by atoms with Gasteiger partial charge in [0.2, 0.25) is 0 Å². The molecule has 5 nitrogen and oxygen atoms in total. The van der Waals surface area contributed by atoms with Crippen molar-refractivity contribution in [2.24, 2.45) is 7.05 Å². The van der Waals surface area contributed by atoms with E-state index in [2.05, 4.69) is 66.1 Å². The first-order valence-electron chi connectivity index (χ1n) is 13.5. The van der Waals surface area contributed by atoms with Crippen LogP contribution >= 0.6 is 0 Å². The van der Waals surface area contributed by atoms with Crippen LogP contribution in [0.2, 0.25) is 0 Å². The van der Waals surface area contributed by atoms with Gasteiger partial charge in [0.05, 0.1) is 5.69 Å². The van der Waals surface area contributed by atoms with Crippen molar-refractivity contribution in [1.29, 1.82) is 0 Å². The van der Waals surface area contributed by atoms with E-state index >= 15 is 0 Å². The van der Waals surface area contributed by atoms with Crippen LogP contribution in [0.15, 0.2) is 115 Å². The molecular formula is C35H33N3O2. The molecule has 0 saturated heterocycles. The number of amides is 2. The van der Waals surface area contributed by atoms with Crippen LogP contribution in [-0.4, -0.2) is 16.4 Å². The molecule has 200 valence electrons. The molecule has 2 amide bonds. The second-order valence-corrected chi connectivity index (χ2v) is 10.1. The number of aryl methyl sites for hydroxylation is 4. The summed E-state index contributed by atoms with van der Waals surface area (Å²) in [6.07, 6.45) is 3.38. The van der Waals surface area contributed by atoms with E-state index in [1.54, 1.807) is 23.9 Å². The van der Waals surface area contributed by atoms with Crippen molar-refractivity contribution in [1.82, 2.24) is 9.88 Å². The Kier molecular flexibility index (Phi) is 8.21. The molecule has 0 radical (unpaired) electrons. The van der Waals surface area contributed by atoms with Gasteiger partial charge in [-0.3, -0.25) is 9.59 Å². The van der Waals surface area contributed by atoms with Gasteiger partial charge in [-0.05, 0) is 59.7 Å². The Bertz CT molecular complexity index is 1600. The van der Waals surface area contributed by atoms with E-state index in [4.69, 9.17) is 0 Å². The van der Waals surface area contributed by atoms with Crippen LogP contribution in [0.25, 0.3) is 11.1 Å². The van der Waals surface area contributed by atoms with Gasteiger partial charge >= 0.3 is 0 Å². The van der Waals surface area contributed by atoms with Gasteiger partial charge in [0, 0.05) is 25.4 Å². The molecule has 0 aliphatic carbocycles. The fraction of sp³-hybridized carbons (Fsp3) is 0.143. The van der Waals surface area contributed by atoms with Gasteiger partial charge in [-0.1, -0.05) is 103 Å². The van der Waals surface area contributed by atoms with Crippen LogP contribution in [0.5, 0.6) is 0 Å². The third-order valence-electron chi connectivity index (χ3n) is 7.08. The molecule has 0 saturated carbocycles. The summed E-state index contributed by atoms with van der Waals surface area (Å²) in [6, 6.07) is 36.3. The average Bonchev–Trinajstić information content (AvgIpc) is 3.35. The van der Waals surface area contributed by atoms with Gasteiger partial charge in [0.25, 0.3) is 11.8 Å². The van der Waals surface area contributed by atoms with E-state index in [-0.39, 0.29) is 11.8 Å². The maximum Gasteiger partial charge on any atom is 0.268 e. The summed E-state index contributed by atoms with van der Waals surface area (Å²) in [5, 5.41) is 5.96. The fourth-order valence-corrected chi connectivity index (χ4v) is 4.77. The first kappa shape index (κ1) is 26.7. The molecule has 1 aromatic heterocycles. The smallest absolute Gasteiger partial charge is 0.268 e. The predicted octanol–water partition coefficient (Wildman–Crippen LogP) is 6.97. The minimum Gasteiger partial charge on any atom is -0.347 e. The number of anilines is 1. The topological polar surface area (TPSA) is 63.1 Å². The van der Waals surface area contributed by atoms with Crippen LogP contribution in [0, 0.1) is 6.92 Å². The predicted molar refractivity (Wildman–Crippen MR) is 161 cm³/mol. The number of carbonyl (C=O) groups excluding carboxylic acids is 2. The molecule has 0 unspecified atom stereocenters. The molecule has 5 heteroatoms. The van der Waals surface area contributed by atoms with Crippen molar-refractivity contribution < 1.29 is 9.59 Å². The number of hydrogen-bond acceptors (Lipinski definition) is 2. The number of nitrogens with zero attached hydrogens (tertiary/aromatic N) is 1. The SMILES string of the molecule is Cc1ccc(-c2ccc(CNC(=O)c3cc(NC(=O)c4ccccc4CCc4ccccc4)cn3C)cc2)cc1. The van der Waals surface area contributed by atoms with Gasteiger partial charge in [-0.15, -0.1) is 0 Å².